The van der Waals surface area contributed by atoms with Crippen molar-refractivity contribution in [2.75, 3.05) is 19.8 Å². The number of para-hydroxylation sites is 1. The Labute approximate surface area is 134 Å². The third-order valence-corrected chi connectivity index (χ3v) is 3.99. The summed E-state index contributed by atoms with van der Waals surface area (Å²) in [5.41, 5.74) is 2.78. The van der Waals surface area contributed by atoms with Crippen LogP contribution >= 0.6 is 0 Å². The van der Waals surface area contributed by atoms with Crippen molar-refractivity contribution in [3.05, 3.63) is 42.7 Å². The van der Waals surface area contributed by atoms with Gasteiger partial charge < -0.3 is 9.47 Å². The van der Waals surface area contributed by atoms with Crippen LogP contribution < -0.4 is 0 Å². The van der Waals surface area contributed by atoms with E-state index < -0.39 is 0 Å². The third kappa shape index (κ3) is 3.23. The molecule has 0 amide bonds. The monoisotopic (exact) mass is 310 g/mol. The van der Waals surface area contributed by atoms with Crippen molar-refractivity contribution in [1.82, 2.24) is 20.0 Å². The van der Waals surface area contributed by atoms with Gasteiger partial charge in [0.15, 0.2) is 0 Å². The summed E-state index contributed by atoms with van der Waals surface area (Å²) in [6, 6.07) is 10.1. The van der Waals surface area contributed by atoms with E-state index in [1.54, 1.807) is 4.68 Å². The van der Waals surface area contributed by atoms with Crippen LogP contribution in [0.25, 0.3) is 22.2 Å². The highest BCUT2D eigenvalue weighted by Crippen LogP contribution is 2.20. The van der Waals surface area contributed by atoms with Gasteiger partial charge in [-0.05, 0) is 18.6 Å². The molecule has 1 unspecified atom stereocenters. The minimum Gasteiger partial charge on any atom is -0.379 e. The Balaban J connectivity index is 1.43. The number of pyridine rings is 1. The lowest BCUT2D eigenvalue weighted by Gasteiger charge is -2.08. The van der Waals surface area contributed by atoms with E-state index in [2.05, 4.69) is 21.4 Å². The molecule has 1 aliphatic rings. The molecule has 4 rings (SSSR count). The van der Waals surface area contributed by atoms with Crippen LogP contribution in [0.2, 0.25) is 0 Å². The molecule has 1 saturated heterocycles. The van der Waals surface area contributed by atoms with Gasteiger partial charge >= 0.3 is 0 Å². The summed E-state index contributed by atoms with van der Waals surface area (Å²) in [5.74, 6) is 0. The molecule has 6 nitrogen and oxygen atoms in total. The Morgan fingerprint density at radius 3 is 3.17 bits per heavy atom. The molecule has 0 N–H and O–H groups in total. The van der Waals surface area contributed by atoms with Crippen LogP contribution in [0.4, 0.5) is 0 Å². The molecule has 1 atom stereocenters. The predicted octanol–water partition coefficient (Wildman–Crippen LogP) is 2.30. The lowest BCUT2D eigenvalue weighted by Crippen LogP contribution is -2.16. The zero-order valence-electron chi connectivity index (χ0n) is 12.8. The van der Waals surface area contributed by atoms with Gasteiger partial charge in [-0.15, -0.1) is 5.10 Å². The summed E-state index contributed by atoms with van der Waals surface area (Å²) < 4.78 is 12.8. The Morgan fingerprint density at radius 2 is 2.26 bits per heavy atom. The molecule has 0 aliphatic carbocycles. The first kappa shape index (κ1) is 14.3. The molecule has 6 heteroatoms. The van der Waals surface area contributed by atoms with Crippen LogP contribution in [0.15, 0.2) is 42.7 Å². The number of nitrogens with zero attached hydrogens (tertiary/aromatic N) is 4. The van der Waals surface area contributed by atoms with Crippen molar-refractivity contribution in [1.29, 1.82) is 0 Å². The summed E-state index contributed by atoms with van der Waals surface area (Å²) in [5, 5.41) is 9.50. The van der Waals surface area contributed by atoms with E-state index in [4.69, 9.17) is 9.47 Å². The average Bonchev–Trinajstić information content (AvgIpc) is 3.26. The van der Waals surface area contributed by atoms with Crippen molar-refractivity contribution in [2.45, 2.75) is 19.1 Å². The lowest BCUT2D eigenvalue weighted by atomic mass is 10.1. The van der Waals surface area contributed by atoms with Crippen LogP contribution in [-0.2, 0) is 16.0 Å². The van der Waals surface area contributed by atoms with Crippen LogP contribution in [0, 0.1) is 0 Å². The molecule has 1 aromatic carbocycles. The lowest BCUT2D eigenvalue weighted by molar-refractivity contribution is 0.0369. The maximum atomic E-state index is 5.75. The summed E-state index contributed by atoms with van der Waals surface area (Å²) in [6.45, 7) is 2.80. The third-order valence-electron chi connectivity index (χ3n) is 3.99. The minimum absolute atomic E-state index is 0.225. The Kier molecular flexibility index (Phi) is 4.00. The number of hydrogen-bond donors (Lipinski definition) is 0. The smallest absolute Gasteiger partial charge is 0.114 e. The maximum absolute atomic E-state index is 5.75. The zero-order chi connectivity index (χ0) is 15.5. The van der Waals surface area contributed by atoms with Gasteiger partial charge in [-0.3, -0.25) is 4.98 Å². The predicted molar refractivity (Wildman–Crippen MR) is 85.9 cm³/mol. The fourth-order valence-corrected chi connectivity index (χ4v) is 2.71. The van der Waals surface area contributed by atoms with Crippen LogP contribution in [-0.4, -0.2) is 45.9 Å². The van der Waals surface area contributed by atoms with Crippen LogP contribution in [0.1, 0.15) is 6.42 Å². The quantitative estimate of drug-likeness (QED) is 0.723. The topological polar surface area (TPSA) is 62.1 Å². The van der Waals surface area contributed by atoms with E-state index in [-0.39, 0.29) is 6.10 Å². The molecular formula is C17H18N4O2. The number of ether oxygens (including phenoxy) is 2. The van der Waals surface area contributed by atoms with Gasteiger partial charge in [-0.1, -0.05) is 23.4 Å². The second-order valence-corrected chi connectivity index (χ2v) is 5.64. The van der Waals surface area contributed by atoms with Crippen LogP contribution in [0.3, 0.4) is 0 Å². The molecule has 0 spiro atoms. The van der Waals surface area contributed by atoms with Gasteiger partial charge in [0, 0.05) is 23.8 Å². The number of hydrogen-bond acceptors (Lipinski definition) is 5. The molecule has 23 heavy (non-hydrogen) atoms. The van der Waals surface area contributed by atoms with Gasteiger partial charge in [0.1, 0.15) is 5.69 Å². The fraction of sp³-hybridized carbons (Fsp3) is 0.353. The maximum Gasteiger partial charge on any atom is 0.114 e. The van der Waals surface area contributed by atoms with Crippen molar-refractivity contribution in [3.63, 3.8) is 0 Å². The van der Waals surface area contributed by atoms with E-state index >= 15 is 0 Å². The molecule has 118 valence electrons. The first-order chi connectivity index (χ1) is 11.4. The van der Waals surface area contributed by atoms with Crippen molar-refractivity contribution >= 4 is 10.9 Å². The van der Waals surface area contributed by atoms with E-state index in [9.17, 15) is 0 Å². The van der Waals surface area contributed by atoms with Crippen LogP contribution in [0.5, 0.6) is 0 Å². The highest BCUT2D eigenvalue weighted by atomic mass is 16.5. The van der Waals surface area contributed by atoms with Crippen molar-refractivity contribution in [3.8, 4) is 11.3 Å². The van der Waals surface area contributed by atoms with E-state index in [1.165, 1.54) is 0 Å². The number of fused-ring (bicyclic) bond motifs is 1. The molecule has 3 aromatic rings. The van der Waals surface area contributed by atoms with Gasteiger partial charge in [-0.25, -0.2) is 4.68 Å². The van der Waals surface area contributed by atoms with Gasteiger partial charge in [0.25, 0.3) is 0 Å². The Hall–Kier alpha value is -2.31. The van der Waals surface area contributed by atoms with Crippen molar-refractivity contribution < 1.29 is 9.47 Å². The second-order valence-electron chi connectivity index (χ2n) is 5.64. The molecular weight excluding hydrogens is 292 g/mol. The SMILES string of the molecule is c1ccc2ncc(-c3cn(CCOC4CCOC4)nn3)cc2c1. The average molecular weight is 310 g/mol. The highest BCUT2D eigenvalue weighted by Gasteiger charge is 2.15. The number of aromatic nitrogens is 4. The summed E-state index contributed by atoms with van der Waals surface area (Å²) in [6.07, 6.45) is 4.97. The molecule has 2 aromatic heterocycles. The van der Waals surface area contributed by atoms with Crippen molar-refractivity contribution in [2.24, 2.45) is 0 Å². The summed E-state index contributed by atoms with van der Waals surface area (Å²) >= 11 is 0. The summed E-state index contributed by atoms with van der Waals surface area (Å²) in [7, 11) is 0. The second kappa shape index (κ2) is 6.44. The molecule has 0 bridgehead atoms. The number of benzene rings is 1. The zero-order valence-corrected chi connectivity index (χ0v) is 12.8. The Bertz CT molecular complexity index is 796. The first-order valence-electron chi connectivity index (χ1n) is 7.83. The Morgan fingerprint density at radius 1 is 1.30 bits per heavy atom. The molecule has 1 fully saturated rings. The van der Waals surface area contributed by atoms with E-state index in [0.29, 0.717) is 19.8 Å². The highest BCUT2D eigenvalue weighted by molar-refractivity contribution is 5.82. The number of rotatable bonds is 5. The molecule has 0 saturated carbocycles. The van der Waals surface area contributed by atoms with E-state index in [1.807, 2.05) is 36.7 Å². The van der Waals surface area contributed by atoms with Gasteiger partial charge in [-0.2, -0.15) is 0 Å². The first-order valence-corrected chi connectivity index (χ1v) is 7.83. The molecule has 1 aliphatic heterocycles. The molecule has 3 heterocycles. The van der Waals surface area contributed by atoms with E-state index in [0.717, 1.165) is 35.2 Å². The largest absolute Gasteiger partial charge is 0.379 e. The fourth-order valence-electron chi connectivity index (χ4n) is 2.71. The standard InChI is InChI=1S/C17H18N4O2/c1-2-4-16-13(3-1)9-14(10-18-16)17-11-21(20-19-17)6-8-23-15-5-7-22-12-15/h1-4,9-11,15H,5-8,12H2. The van der Waals surface area contributed by atoms with Gasteiger partial charge in [0.05, 0.1) is 37.6 Å². The molecule has 0 radical (unpaired) electrons. The summed E-state index contributed by atoms with van der Waals surface area (Å²) in [4.78, 5) is 4.47. The normalized spacial score (nSPS) is 17.8. The minimum atomic E-state index is 0.225. The van der Waals surface area contributed by atoms with Gasteiger partial charge in [0.2, 0.25) is 0 Å².